The summed E-state index contributed by atoms with van der Waals surface area (Å²) in [5, 5.41) is 2.50. The Morgan fingerprint density at radius 2 is 1.74 bits per heavy atom. The van der Waals surface area contributed by atoms with E-state index in [0.29, 0.717) is 11.3 Å². The van der Waals surface area contributed by atoms with Crippen LogP contribution in [0.1, 0.15) is 16.9 Å². The summed E-state index contributed by atoms with van der Waals surface area (Å²) >= 11 is 0. The molecular weight excluding hydrogens is 463 g/mol. The molecule has 1 amide bonds. The molecule has 4 aromatic rings. The SMILES string of the molecule is Cc1ccc(C)c(Oc2c(C(F)(F)F)oc3cc(OCC(=O)Nc4ccccc4)ccc3c2=O)c1. The highest BCUT2D eigenvalue weighted by Gasteiger charge is 2.40. The molecule has 1 aromatic heterocycles. The van der Waals surface area contributed by atoms with E-state index in [1.54, 1.807) is 56.3 Å². The minimum atomic E-state index is -4.99. The molecule has 180 valence electrons. The number of carbonyl (C=O) groups excluding carboxylic acids is 1. The van der Waals surface area contributed by atoms with Gasteiger partial charge in [0, 0.05) is 11.8 Å². The second-order valence-corrected chi connectivity index (χ2v) is 7.82. The molecule has 9 heteroatoms. The highest BCUT2D eigenvalue weighted by Crippen LogP contribution is 2.39. The molecule has 0 aliphatic carbocycles. The summed E-state index contributed by atoms with van der Waals surface area (Å²) in [4.78, 5) is 25.1. The Kier molecular flexibility index (Phi) is 6.50. The standard InChI is InChI=1S/C26H20F3NO5/c1-15-8-9-16(2)20(12-15)34-24-23(32)19-11-10-18(13-21(19)35-25(24)26(27,28)29)33-14-22(31)30-17-6-4-3-5-7-17/h3-13H,14H2,1-2H3,(H,30,31). The first-order valence-electron chi connectivity index (χ1n) is 10.5. The van der Waals surface area contributed by atoms with Crippen molar-refractivity contribution >= 4 is 22.6 Å². The van der Waals surface area contributed by atoms with Gasteiger partial charge >= 0.3 is 6.18 Å². The molecule has 0 saturated carbocycles. The van der Waals surface area contributed by atoms with Crippen molar-refractivity contribution in [1.82, 2.24) is 0 Å². The Bertz CT molecular complexity index is 1450. The lowest BCUT2D eigenvalue weighted by Gasteiger charge is -2.15. The molecule has 0 fully saturated rings. The van der Waals surface area contributed by atoms with Gasteiger partial charge in [-0.3, -0.25) is 9.59 Å². The van der Waals surface area contributed by atoms with E-state index in [0.717, 1.165) is 11.6 Å². The van der Waals surface area contributed by atoms with E-state index in [9.17, 15) is 22.8 Å². The van der Waals surface area contributed by atoms with Gasteiger partial charge in [-0.1, -0.05) is 30.3 Å². The van der Waals surface area contributed by atoms with Gasteiger partial charge in [0.2, 0.25) is 11.2 Å². The van der Waals surface area contributed by atoms with Gasteiger partial charge < -0.3 is 19.2 Å². The molecule has 35 heavy (non-hydrogen) atoms. The number of anilines is 1. The van der Waals surface area contributed by atoms with Gasteiger partial charge in [-0.05, 0) is 55.3 Å². The summed E-state index contributed by atoms with van der Waals surface area (Å²) in [6.45, 7) is 3.01. The van der Waals surface area contributed by atoms with E-state index < -0.39 is 35.6 Å². The molecule has 4 rings (SSSR count). The number of rotatable bonds is 6. The molecule has 0 aliphatic rings. The van der Waals surface area contributed by atoms with Crippen LogP contribution in [0.5, 0.6) is 17.2 Å². The monoisotopic (exact) mass is 483 g/mol. The molecule has 6 nitrogen and oxygen atoms in total. The van der Waals surface area contributed by atoms with Crippen LogP contribution in [0.3, 0.4) is 0 Å². The molecule has 3 aromatic carbocycles. The summed E-state index contributed by atoms with van der Waals surface area (Å²) in [6.07, 6.45) is -4.99. The van der Waals surface area contributed by atoms with E-state index in [1.165, 1.54) is 18.2 Å². The molecule has 0 saturated heterocycles. The highest BCUT2D eigenvalue weighted by atomic mass is 19.4. The maximum atomic E-state index is 13.8. The molecule has 1 N–H and O–H groups in total. The minimum Gasteiger partial charge on any atom is -0.484 e. The van der Waals surface area contributed by atoms with Crippen molar-refractivity contribution in [3.05, 3.63) is 93.8 Å². The first-order valence-corrected chi connectivity index (χ1v) is 10.5. The Labute approximate surface area is 197 Å². The third-order valence-corrected chi connectivity index (χ3v) is 5.06. The summed E-state index contributed by atoms with van der Waals surface area (Å²) in [5.74, 6) is -2.80. The number of hydrogen-bond donors (Lipinski definition) is 1. The highest BCUT2D eigenvalue weighted by molar-refractivity contribution is 5.91. The normalized spacial score (nSPS) is 11.3. The number of nitrogens with one attached hydrogen (secondary N) is 1. The van der Waals surface area contributed by atoms with Crippen molar-refractivity contribution in [2.45, 2.75) is 20.0 Å². The smallest absolute Gasteiger partial charge is 0.453 e. The average Bonchev–Trinajstić information content (AvgIpc) is 2.81. The number of alkyl halides is 3. The van der Waals surface area contributed by atoms with Crippen LogP contribution in [-0.2, 0) is 11.0 Å². The van der Waals surface area contributed by atoms with Crippen molar-refractivity contribution in [2.24, 2.45) is 0 Å². The van der Waals surface area contributed by atoms with Gasteiger partial charge in [-0.15, -0.1) is 0 Å². The predicted octanol–water partition coefficient (Wildman–Crippen LogP) is 6.24. The first-order chi connectivity index (χ1) is 16.6. The molecule has 1 heterocycles. The molecular formula is C26H20F3NO5. The number of amides is 1. The van der Waals surface area contributed by atoms with E-state index in [4.69, 9.17) is 13.9 Å². The van der Waals surface area contributed by atoms with Crippen LogP contribution in [0.15, 0.2) is 75.9 Å². The number of hydrogen-bond acceptors (Lipinski definition) is 5. The van der Waals surface area contributed by atoms with E-state index in [-0.39, 0.29) is 22.5 Å². The number of halogens is 3. The zero-order valence-corrected chi connectivity index (χ0v) is 18.7. The number of fused-ring (bicyclic) bond motifs is 1. The fraction of sp³-hybridized carbons (Fsp3) is 0.154. The Balaban J connectivity index is 1.64. The van der Waals surface area contributed by atoms with Gasteiger partial charge in [0.1, 0.15) is 17.1 Å². The first kappa shape index (κ1) is 23.9. The van der Waals surface area contributed by atoms with Crippen LogP contribution in [0.4, 0.5) is 18.9 Å². The van der Waals surface area contributed by atoms with Gasteiger partial charge in [0.25, 0.3) is 11.7 Å². The summed E-state index contributed by atoms with van der Waals surface area (Å²) in [7, 11) is 0. The molecule has 0 aliphatic heterocycles. The van der Waals surface area contributed by atoms with Crippen LogP contribution >= 0.6 is 0 Å². The van der Waals surface area contributed by atoms with Crippen LogP contribution in [0.2, 0.25) is 0 Å². The van der Waals surface area contributed by atoms with Crippen molar-refractivity contribution < 1.29 is 31.9 Å². The quantitative estimate of drug-likeness (QED) is 0.351. The number of ether oxygens (including phenoxy) is 2. The van der Waals surface area contributed by atoms with Crippen molar-refractivity contribution in [3.8, 4) is 17.2 Å². The lowest BCUT2D eigenvalue weighted by Crippen LogP contribution is -2.20. The van der Waals surface area contributed by atoms with Crippen molar-refractivity contribution in [1.29, 1.82) is 0 Å². The maximum Gasteiger partial charge on any atom is 0.453 e. The van der Waals surface area contributed by atoms with Crippen molar-refractivity contribution in [3.63, 3.8) is 0 Å². The summed E-state index contributed by atoms with van der Waals surface area (Å²) in [5.41, 5.74) is 0.546. The third kappa shape index (κ3) is 5.46. The number of carbonyl (C=O) groups is 1. The van der Waals surface area contributed by atoms with Crippen LogP contribution in [-0.4, -0.2) is 12.5 Å². The van der Waals surface area contributed by atoms with Gasteiger partial charge in [-0.2, -0.15) is 13.2 Å². The molecule has 0 spiro atoms. The second kappa shape index (κ2) is 9.54. The van der Waals surface area contributed by atoms with Gasteiger partial charge in [0.15, 0.2) is 6.61 Å². The van der Waals surface area contributed by atoms with Crippen molar-refractivity contribution in [2.75, 3.05) is 11.9 Å². The number of para-hydroxylation sites is 1. The summed E-state index contributed by atoms with van der Waals surface area (Å²) < 4.78 is 57.3. The van der Waals surface area contributed by atoms with Crippen LogP contribution in [0.25, 0.3) is 11.0 Å². The Hall–Kier alpha value is -4.27. The Morgan fingerprint density at radius 1 is 1.00 bits per heavy atom. The van der Waals surface area contributed by atoms with E-state index in [1.807, 2.05) is 0 Å². The van der Waals surface area contributed by atoms with Crippen LogP contribution < -0.4 is 20.2 Å². The fourth-order valence-electron chi connectivity index (χ4n) is 3.32. The zero-order chi connectivity index (χ0) is 25.2. The molecule has 0 atom stereocenters. The van der Waals surface area contributed by atoms with Gasteiger partial charge in [-0.25, -0.2) is 0 Å². The molecule has 0 unspecified atom stereocenters. The summed E-state index contributed by atoms with van der Waals surface area (Å²) in [6, 6.07) is 17.4. The lowest BCUT2D eigenvalue weighted by atomic mass is 10.1. The predicted molar refractivity (Wildman–Crippen MR) is 124 cm³/mol. The number of aryl methyl sites for hydroxylation is 2. The minimum absolute atomic E-state index is 0.0557. The fourth-order valence-corrected chi connectivity index (χ4v) is 3.32. The molecule has 0 radical (unpaired) electrons. The molecule has 0 bridgehead atoms. The van der Waals surface area contributed by atoms with E-state index in [2.05, 4.69) is 5.32 Å². The zero-order valence-electron chi connectivity index (χ0n) is 18.7. The lowest BCUT2D eigenvalue weighted by molar-refractivity contribution is -0.154. The largest absolute Gasteiger partial charge is 0.484 e. The van der Waals surface area contributed by atoms with Gasteiger partial charge in [0.05, 0.1) is 5.39 Å². The number of benzene rings is 3. The van der Waals surface area contributed by atoms with E-state index >= 15 is 0 Å². The van der Waals surface area contributed by atoms with Crippen LogP contribution in [0, 0.1) is 13.8 Å². The third-order valence-electron chi connectivity index (χ3n) is 5.06. The second-order valence-electron chi connectivity index (χ2n) is 7.82. The average molecular weight is 483 g/mol. The maximum absolute atomic E-state index is 13.8. The topological polar surface area (TPSA) is 77.8 Å². The Morgan fingerprint density at radius 3 is 2.46 bits per heavy atom.